The lowest BCUT2D eigenvalue weighted by atomic mass is 9.75. The molecule has 3 rings (SSSR count). The number of guanidine groups is 1. The summed E-state index contributed by atoms with van der Waals surface area (Å²) in [5.41, 5.74) is 5.55. The molecule has 3 aliphatic rings. The maximum Gasteiger partial charge on any atom is 0.257 e. The second kappa shape index (κ2) is 9.20. The Morgan fingerprint density at radius 3 is 2.27 bits per heavy atom. The number of hydrogen-bond acceptors (Lipinski definition) is 4. The number of carbonyl (C=O) groups excluding carboxylic acids is 1. The number of hydrogen-bond donors (Lipinski definition) is 2. The minimum Gasteiger partial charge on any atom is -0.396 e. The SMILES string of the molecule is NC1=NC(CCC2CCCCC2)(CC2CCCCC2)C(=O)N1CCCO. The molecule has 1 atom stereocenters. The van der Waals surface area contributed by atoms with Crippen molar-refractivity contribution >= 4 is 11.9 Å². The van der Waals surface area contributed by atoms with Crippen LogP contribution in [0.5, 0.6) is 0 Å². The molecule has 0 radical (unpaired) electrons. The van der Waals surface area contributed by atoms with E-state index in [1.54, 1.807) is 4.90 Å². The van der Waals surface area contributed by atoms with Crippen molar-refractivity contribution in [3.8, 4) is 0 Å². The van der Waals surface area contributed by atoms with E-state index in [4.69, 9.17) is 15.8 Å². The van der Waals surface area contributed by atoms with Gasteiger partial charge in [0.05, 0.1) is 0 Å². The molecule has 0 aromatic heterocycles. The van der Waals surface area contributed by atoms with E-state index in [0.29, 0.717) is 24.8 Å². The van der Waals surface area contributed by atoms with Crippen molar-refractivity contribution in [2.24, 2.45) is 22.6 Å². The van der Waals surface area contributed by atoms with Gasteiger partial charge in [-0.25, -0.2) is 4.99 Å². The van der Waals surface area contributed by atoms with Crippen LogP contribution in [0.4, 0.5) is 0 Å². The molecule has 26 heavy (non-hydrogen) atoms. The second-order valence-corrected chi connectivity index (χ2v) is 8.79. The van der Waals surface area contributed by atoms with Gasteiger partial charge >= 0.3 is 0 Å². The molecule has 0 bridgehead atoms. The number of aliphatic hydroxyl groups excluding tert-OH is 1. The molecule has 0 spiro atoms. The van der Waals surface area contributed by atoms with Crippen LogP contribution >= 0.6 is 0 Å². The predicted octanol–water partition coefficient (Wildman–Crippen LogP) is 3.60. The lowest BCUT2D eigenvalue weighted by Gasteiger charge is -2.33. The first-order chi connectivity index (χ1) is 12.6. The lowest BCUT2D eigenvalue weighted by Crippen LogP contribution is -2.46. The van der Waals surface area contributed by atoms with E-state index in [1.165, 1.54) is 64.2 Å². The minimum atomic E-state index is -0.626. The molecular weight excluding hydrogens is 326 g/mol. The van der Waals surface area contributed by atoms with Gasteiger partial charge in [0, 0.05) is 13.2 Å². The highest BCUT2D eigenvalue weighted by Gasteiger charge is 2.48. The van der Waals surface area contributed by atoms with E-state index in [-0.39, 0.29) is 12.5 Å². The van der Waals surface area contributed by atoms with Crippen LogP contribution in [0.3, 0.4) is 0 Å². The van der Waals surface area contributed by atoms with Gasteiger partial charge in [-0.05, 0) is 37.5 Å². The van der Waals surface area contributed by atoms with Crippen molar-refractivity contribution in [3.05, 3.63) is 0 Å². The van der Waals surface area contributed by atoms with Crippen LogP contribution in [-0.4, -0.2) is 40.6 Å². The molecule has 1 unspecified atom stereocenters. The summed E-state index contributed by atoms with van der Waals surface area (Å²) in [4.78, 5) is 19.8. The van der Waals surface area contributed by atoms with Crippen LogP contribution in [0, 0.1) is 11.8 Å². The molecule has 1 aliphatic heterocycles. The van der Waals surface area contributed by atoms with E-state index in [2.05, 4.69) is 0 Å². The third-order valence-electron chi connectivity index (χ3n) is 6.83. The van der Waals surface area contributed by atoms with E-state index >= 15 is 0 Å². The summed E-state index contributed by atoms with van der Waals surface area (Å²) in [5.74, 6) is 1.84. The minimum absolute atomic E-state index is 0.0781. The number of amides is 1. The summed E-state index contributed by atoms with van der Waals surface area (Å²) in [5, 5.41) is 9.15. The van der Waals surface area contributed by atoms with Gasteiger partial charge in [-0.15, -0.1) is 0 Å². The maximum atomic E-state index is 13.3. The molecule has 2 saturated carbocycles. The Labute approximate surface area is 158 Å². The molecule has 0 aromatic carbocycles. The standard InChI is InChI=1S/C21H37N3O2/c22-20-23-21(16-18-10-5-2-6-11-18,19(26)24(20)14-7-15-25)13-12-17-8-3-1-4-9-17/h17-18,25H,1-16H2,(H2,22,23). The van der Waals surface area contributed by atoms with Crippen molar-refractivity contribution in [3.63, 3.8) is 0 Å². The molecular formula is C21H37N3O2. The Morgan fingerprint density at radius 1 is 1.04 bits per heavy atom. The fraction of sp³-hybridized carbons (Fsp3) is 0.905. The number of nitrogens with two attached hydrogens (primary N) is 1. The van der Waals surface area contributed by atoms with Gasteiger partial charge in [-0.2, -0.15) is 0 Å². The molecule has 148 valence electrons. The summed E-state index contributed by atoms with van der Waals surface area (Å²) >= 11 is 0. The van der Waals surface area contributed by atoms with Gasteiger partial charge in [0.2, 0.25) is 0 Å². The van der Waals surface area contributed by atoms with Crippen LogP contribution in [0.1, 0.15) is 89.9 Å². The average Bonchev–Trinajstić information content (AvgIpc) is 2.90. The monoisotopic (exact) mass is 363 g/mol. The summed E-state index contributed by atoms with van der Waals surface area (Å²) in [6.45, 7) is 0.565. The highest BCUT2D eigenvalue weighted by atomic mass is 16.3. The summed E-state index contributed by atoms with van der Waals surface area (Å²) in [6, 6.07) is 0. The number of carbonyl (C=O) groups is 1. The smallest absolute Gasteiger partial charge is 0.257 e. The zero-order valence-corrected chi connectivity index (χ0v) is 16.3. The van der Waals surface area contributed by atoms with Gasteiger partial charge in [-0.3, -0.25) is 9.69 Å². The van der Waals surface area contributed by atoms with Crippen LogP contribution in [0.25, 0.3) is 0 Å². The third kappa shape index (κ3) is 4.59. The Bertz CT molecular complexity index is 495. The molecule has 3 N–H and O–H groups in total. The summed E-state index contributed by atoms with van der Waals surface area (Å²) in [7, 11) is 0. The first-order valence-electron chi connectivity index (χ1n) is 10.9. The molecule has 0 aromatic rings. The Morgan fingerprint density at radius 2 is 1.65 bits per heavy atom. The van der Waals surface area contributed by atoms with Crippen LogP contribution < -0.4 is 5.73 Å². The summed E-state index contributed by atoms with van der Waals surface area (Å²) < 4.78 is 0. The van der Waals surface area contributed by atoms with Gasteiger partial charge in [-0.1, -0.05) is 64.2 Å². The van der Waals surface area contributed by atoms with Crippen molar-refractivity contribution in [2.75, 3.05) is 13.2 Å². The number of rotatable bonds is 8. The van der Waals surface area contributed by atoms with Crippen molar-refractivity contribution < 1.29 is 9.90 Å². The third-order valence-corrected chi connectivity index (χ3v) is 6.83. The molecule has 5 heteroatoms. The highest BCUT2D eigenvalue weighted by Crippen LogP contribution is 2.40. The van der Waals surface area contributed by atoms with Gasteiger partial charge in [0.25, 0.3) is 5.91 Å². The molecule has 0 saturated heterocycles. The average molecular weight is 364 g/mol. The zero-order valence-electron chi connectivity index (χ0n) is 16.3. The van der Waals surface area contributed by atoms with Crippen LogP contribution in [0.2, 0.25) is 0 Å². The maximum absolute atomic E-state index is 13.3. The Kier molecular flexibility index (Phi) is 6.96. The van der Waals surface area contributed by atoms with Crippen molar-refractivity contribution in [1.29, 1.82) is 0 Å². The van der Waals surface area contributed by atoms with Crippen LogP contribution in [-0.2, 0) is 4.79 Å². The Hall–Kier alpha value is -1.10. The first-order valence-corrected chi connectivity index (χ1v) is 10.9. The quantitative estimate of drug-likeness (QED) is 0.691. The largest absolute Gasteiger partial charge is 0.396 e. The van der Waals surface area contributed by atoms with E-state index in [1.807, 2.05) is 0 Å². The zero-order chi connectivity index (χ0) is 18.4. The first kappa shape index (κ1) is 19.7. The lowest BCUT2D eigenvalue weighted by molar-refractivity contribution is -0.132. The number of aliphatic hydroxyl groups is 1. The fourth-order valence-corrected chi connectivity index (χ4v) is 5.31. The number of nitrogens with zero attached hydrogens (tertiary/aromatic N) is 2. The van der Waals surface area contributed by atoms with E-state index in [9.17, 15) is 4.79 Å². The van der Waals surface area contributed by atoms with E-state index in [0.717, 1.165) is 25.2 Å². The molecule has 5 nitrogen and oxygen atoms in total. The van der Waals surface area contributed by atoms with Gasteiger partial charge in [0.1, 0.15) is 5.54 Å². The van der Waals surface area contributed by atoms with E-state index < -0.39 is 5.54 Å². The van der Waals surface area contributed by atoms with Crippen molar-refractivity contribution in [1.82, 2.24) is 4.90 Å². The molecule has 1 heterocycles. The normalized spacial score (nSPS) is 28.6. The molecule has 2 aliphatic carbocycles. The Balaban J connectivity index is 1.71. The number of aliphatic imine (C=N–C) groups is 1. The predicted molar refractivity (Wildman–Crippen MR) is 105 cm³/mol. The topological polar surface area (TPSA) is 78.9 Å². The van der Waals surface area contributed by atoms with Gasteiger partial charge in [0.15, 0.2) is 5.96 Å². The second-order valence-electron chi connectivity index (χ2n) is 8.79. The van der Waals surface area contributed by atoms with Crippen molar-refractivity contribution in [2.45, 2.75) is 95.4 Å². The van der Waals surface area contributed by atoms with Gasteiger partial charge < -0.3 is 10.8 Å². The fourth-order valence-electron chi connectivity index (χ4n) is 5.31. The molecule has 1 amide bonds. The van der Waals surface area contributed by atoms with Crippen LogP contribution in [0.15, 0.2) is 4.99 Å². The highest BCUT2D eigenvalue weighted by molar-refractivity contribution is 6.06. The summed E-state index contributed by atoms with van der Waals surface area (Å²) in [6.07, 6.45) is 16.4. The molecule has 2 fully saturated rings.